The van der Waals surface area contributed by atoms with E-state index in [9.17, 15) is 4.79 Å². The van der Waals surface area contributed by atoms with E-state index >= 15 is 0 Å². The molecule has 0 aliphatic carbocycles. The van der Waals surface area contributed by atoms with Crippen molar-refractivity contribution in [3.63, 3.8) is 0 Å². The highest BCUT2D eigenvalue weighted by atomic mass is 35.5. The highest BCUT2D eigenvalue weighted by Crippen LogP contribution is 2.33. The van der Waals surface area contributed by atoms with Gasteiger partial charge in [0.25, 0.3) is 0 Å². The average Bonchev–Trinajstić information content (AvgIpc) is 2.44. The van der Waals surface area contributed by atoms with Gasteiger partial charge in [-0.3, -0.25) is 0 Å². The van der Waals surface area contributed by atoms with Crippen LogP contribution in [-0.4, -0.2) is 29.5 Å². The summed E-state index contributed by atoms with van der Waals surface area (Å²) in [5.41, 5.74) is 1.37. The van der Waals surface area contributed by atoms with Gasteiger partial charge in [-0.1, -0.05) is 17.7 Å². The predicted octanol–water partition coefficient (Wildman–Crippen LogP) is 3.58. The first-order valence-corrected chi connectivity index (χ1v) is 8.18. The SMILES string of the molecule is CC(C)(C)OC(=O)N[C@H]1c2ccc(Cl)cc2CO[C@H]1CCCO. The lowest BCUT2D eigenvalue weighted by Gasteiger charge is -2.35. The standard InChI is InChI=1S/C17H24ClNO4/c1-17(2,3)23-16(21)19-15-13-7-6-12(18)9-11(13)10-22-14(15)5-4-8-20/h6-7,9,14-15,20H,4-5,8,10H2,1-3H3,(H,19,21)/t14-,15-/m0/s1. The summed E-state index contributed by atoms with van der Waals surface area (Å²) in [5, 5.41) is 12.6. The number of carbonyl (C=O) groups excluding carboxylic acids is 1. The van der Waals surface area contributed by atoms with Crippen LogP contribution in [0.2, 0.25) is 5.02 Å². The molecule has 0 saturated carbocycles. The molecule has 0 bridgehead atoms. The summed E-state index contributed by atoms with van der Waals surface area (Å²) in [5.74, 6) is 0. The Morgan fingerprint density at radius 2 is 2.22 bits per heavy atom. The van der Waals surface area contributed by atoms with Crippen LogP contribution in [0.5, 0.6) is 0 Å². The number of rotatable bonds is 4. The third-order valence-corrected chi connectivity index (χ3v) is 3.82. The lowest BCUT2D eigenvalue weighted by Crippen LogP contribution is -2.42. The van der Waals surface area contributed by atoms with Gasteiger partial charge in [-0.05, 0) is 56.9 Å². The van der Waals surface area contributed by atoms with Crippen molar-refractivity contribution < 1.29 is 19.4 Å². The van der Waals surface area contributed by atoms with Crippen molar-refractivity contribution in [1.82, 2.24) is 5.32 Å². The molecule has 5 nitrogen and oxygen atoms in total. The van der Waals surface area contributed by atoms with Crippen LogP contribution in [0.4, 0.5) is 4.79 Å². The number of alkyl carbamates (subject to hydrolysis) is 1. The molecule has 1 aromatic carbocycles. The van der Waals surface area contributed by atoms with Gasteiger partial charge in [-0.15, -0.1) is 0 Å². The monoisotopic (exact) mass is 341 g/mol. The van der Waals surface area contributed by atoms with Crippen molar-refractivity contribution in [3.8, 4) is 0 Å². The molecule has 1 aliphatic heterocycles. The van der Waals surface area contributed by atoms with Crippen LogP contribution in [0.25, 0.3) is 0 Å². The summed E-state index contributed by atoms with van der Waals surface area (Å²) >= 11 is 6.04. The number of fused-ring (bicyclic) bond motifs is 1. The molecule has 1 aromatic rings. The fraction of sp³-hybridized carbons (Fsp3) is 0.588. The largest absolute Gasteiger partial charge is 0.444 e. The van der Waals surface area contributed by atoms with Crippen molar-refractivity contribution in [1.29, 1.82) is 0 Å². The van der Waals surface area contributed by atoms with Gasteiger partial charge in [0.15, 0.2) is 0 Å². The summed E-state index contributed by atoms with van der Waals surface area (Å²) < 4.78 is 11.2. The summed E-state index contributed by atoms with van der Waals surface area (Å²) in [6.45, 7) is 5.99. The number of benzene rings is 1. The topological polar surface area (TPSA) is 67.8 Å². The molecule has 2 atom stereocenters. The molecule has 23 heavy (non-hydrogen) atoms. The van der Waals surface area contributed by atoms with E-state index in [1.807, 2.05) is 32.9 Å². The first-order valence-electron chi connectivity index (χ1n) is 7.80. The highest BCUT2D eigenvalue weighted by Gasteiger charge is 2.32. The average molecular weight is 342 g/mol. The molecule has 128 valence electrons. The number of nitrogens with one attached hydrogen (secondary N) is 1. The second-order valence-corrected chi connectivity index (χ2v) is 7.12. The number of ether oxygens (including phenoxy) is 2. The molecular weight excluding hydrogens is 318 g/mol. The third-order valence-electron chi connectivity index (χ3n) is 3.58. The van der Waals surface area contributed by atoms with E-state index in [0.29, 0.717) is 24.5 Å². The van der Waals surface area contributed by atoms with Gasteiger partial charge in [-0.2, -0.15) is 0 Å². The number of aliphatic hydroxyl groups is 1. The van der Waals surface area contributed by atoms with Crippen LogP contribution >= 0.6 is 11.6 Å². The second kappa shape index (κ2) is 7.51. The Hall–Kier alpha value is -1.30. The highest BCUT2D eigenvalue weighted by molar-refractivity contribution is 6.30. The molecule has 0 unspecified atom stereocenters. The van der Waals surface area contributed by atoms with Gasteiger partial charge in [-0.25, -0.2) is 4.79 Å². The van der Waals surface area contributed by atoms with Crippen molar-refractivity contribution in [2.24, 2.45) is 0 Å². The Balaban J connectivity index is 2.20. The van der Waals surface area contributed by atoms with Crippen LogP contribution < -0.4 is 5.32 Å². The number of hydrogen-bond donors (Lipinski definition) is 2. The zero-order valence-corrected chi connectivity index (χ0v) is 14.5. The normalized spacial score (nSPS) is 20.7. The Morgan fingerprint density at radius 1 is 1.48 bits per heavy atom. The van der Waals surface area contributed by atoms with Crippen LogP contribution in [-0.2, 0) is 16.1 Å². The lowest BCUT2D eigenvalue weighted by atomic mass is 9.91. The molecule has 6 heteroatoms. The first kappa shape index (κ1) is 18.0. The van der Waals surface area contributed by atoms with Gasteiger partial charge in [0, 0.05) is 11.6 Å². The number of carbonyl (C=O) groups is 1. The molecule has 0 radical (unpaired) electrons. The predicted molar refractivity (Wildman–Crippen MR) is 88.5 cm³/mol. The molecule has 1 heterocycles. The fourth-order valence-electron chi connectivity index (χ4n) is 2.64. The zero-order chi connectivity index (χ0) is 17.0. The van der Waals surface area contributed by atoms with Crippen molar-refractivity contribution in [3.05, 3.63) is 34.3 Å². The minimum absolute atomic E-state index is 0.0898. The summed E-state index contributed by atoms with van der Waals surface area (Å²) in [6, 6.07) is 5.24. The van der Waals surface area contributed by atoms with Gasteiger partial charge in [0.05, 0.1) is 18.8 Å². The van der Waals surface area contributed by atoms with Crippen LogP contribution in [0.3, 0.4) is 0 Å². The number of hydrogen-bond acceptors (Lipinski definition) is 4. The van der Waals surface area contributed by atoms with E-state index in [1.54, 1.807) is 6.07 Å². The zero-order valence-electron chi connectivity index (χ0n) is 13.8. The van der Waals surface area contributed by atoms with Crippen LogP contribution in [0, 0.1) is 0 Å². The molecule has 0 spiro atoms. The molecule has 0 aromatic heterocycles. The molecule has 1 aliphatic rings. The first-order chi connectivity index (χ1) is 10.8. The lowest BCUT2D eigenvalue weighted by molar-refractivity contribution is -0.0143. The van der Waals surface area contributed by atoms with E-state index in [-0.39, 0.29) is 18.8 Å². The minimum atomic E-state index is -0.566. The third kappa shape index (κ3) is 5.09. The quantitative estimate of drug-likeness (QED) is 0.878. The number of halogens is 1. The van der Waals surface area contributed by atoms with Crippen molar-refractivity contribution in [2.45, 2.75) is 58.0 Å². The summed E-state index contributed by atoms with van der Waals surface area (Å²) in [7, 11) is 0. The minimum Gasteiger partial charge on any atom is -0.444 e. The van der Waals surface area contributed by atoms with E-state index < -0.39 is 11.7 Å². The van der Waals surface area contributed by atoms with Gasteiger partial charge < -0.3 is 19.9 Å². The van der Waals surface area contributed by atoms with Gasteiger partial charge >= 0.3 is 6.09 Å². The molecular formula is C17H24ClNO4. The van der Waals surface area contributed by atoms with Gasteiger partial charge in [0.1, 0.15) is 5.60 Å². The molecule has 2 rings (SSSR count). The van der Waals surface area contributed by atoms with E-state index in [1.165, 1.54) is 0 Å². The summed E-state index contributed by atoms with van der Waals surface area (Å²) in [4.78, 5) is 12.2. The van der Waals surface area contributed by atoms with E-state index in [2.05, 4.69) is 5.32 Å². The van der Waals surface area contributed by atoms with Crippen molar-refractivity contribution >= 4 is 17.7 Å². The Bertz CT molecular complexity index is 556. The van der Waals surface area contributed by atoms with Gasteiger partial charge in [0.2, 0.25) is 0 Å². The number of amides is 1. The smallest absolute Gasteiger partial charge is 0.408 e. The second-order valence-electron chi connectivity index (χ2n) is 6.68. The van der Waals surface area contributed by atoms with E-state index in [0.717, 1.165) is 11.1 Å². The number of aliphatic hydroxyl groups excluding tert-OH is 1. The van der Waals surface area contributed by atoms with Crippen LogP contribution in [0.1, 0.15) is 50.8 Å². The maximum absolute atomic E-state index is 12.2. The molecule has 0 fully saturated rings. The Labute approximate surface area is 141 Å². The van der Waals surface area contributed by atoms with E-state index in [4.69, 9.17) is 26.2 Å². The van der Waals surface area contributed by atoms with Crippen LogP contribution in [0.15, 0.2) is 18.2 Å². The molecule has 0 saturated heterocycles. The maximum atomic E-state index is 12.2. The Kier molecular flexibility index (Phi) is 5.89. The summed E-state index contributed by atoms with van der Waals surface area (Å²) in [6.07, 6.45) is 0.574. The fourth-order valence-corrected chi connectivity index (χ4v) is 2.84. The molecule has 1 amide bonds. The Morgan fingerprint density at radius 3 is 2.87 bits per heavy atom. The maximum Gasteiger partial charge on any atom is 0.408 e. The molecule has 2 N–H and O–H groups in total. The van der Waals surface area contributed by atoms with Crippen molar-refractivity contribution in [2.75, 3.05) is 6.61 Å².